The molecule has 1 fully saturated rings. The highest BCUT2D eigenvalue weighted by Crippen LogP contribution is 2.36. The molecule has 21 heavy (non-hydrogen) atoms. The van der Waals surface area contributed by atoms with Crippen molar-refractivity contribution >= 4 is 12.1 Å². The van der Waals surface area contributed by atoms with E-state index in [0.29, 0.717) is 5.92 Å². The number of alkyl carbamates (subject to hydrolysis) is 1. The Morgan fingerprint density at radius 1 is 1.29 bits per heavy atom. The summed E-state index contributed by atoms with van der Waals surface area (Å²) < 4.78 is 10.5. The van der Waals surface area contributed by atoms with Crippen LogP contribution in [0.2, 0.25) is 0 Å². The predicted molar refractivity (Wildman–Crippen MR) is 80.9 cm³/mol. The topological polar surface area (TPSA) is 64.6 Å². The molecule has 1 saturated carbocycles. The summed E-state index contributed by atoms with van der Waals surface area (Å²) >= 11 is 0. The molecule has 1 amide bonds. The number of nitrogens with one attached hydrogen (secondary N) is 1. The normalized spacial score (nSPS) is 17.1. The molecule has 0 aromatic heterocycles. The fourth-order valence-corrected chi connectivity index (χ4v) is 2.88. The molecule has 0 heterocycles. The molecule has 0 aromatic carbocycles. The lowest BCUT2D eigenvalue weighted by atomic mass is 9.79. The van der Waals surface area contributed by atoms with Crippen LogP contribution in [-0.2, 0) is 14.3 Å². The second-order valence-electron chi connectivity index (χ2n) is 6.03. The van der Waals surface area contributed by atoms with Crippen LogP contribution >= 0.6 is 0 Å². The summed E-state index contributed by atoms with van der Waals surface area (Å²) in [6, 6.07) is 0. The summed E-state index contributed by atoms with van der Waals surface area (Å²) in [5.41, 5.74) is -0.325. The van der Waals surface area contributed by atoms with E-state index in [1.54, 1.807) is 0 Å². The minimum Gasteiger partial charge on any atom is -0.461 e. The van der Waals surface area contributed by atoms with Gasteiger partial charge in [0, 0.05) is 6.08 Å². The quantitative estimate of drug-likeness (QED) is 0.445. The number of esters is 1. The van der Waals surface area contributed by atoms with E-state index in [2.05, 4.69) is 25.7 Å². The van der Waals surface area contributed by atoms with Gasteiger partial charge in [0.2, 0.25) is 0 Å². The van der Waals surface area contributed by atoms with Gasteiger partial charge in [0.1, 0.15) is 12.2 Å². The maximum absolute atomic E-state index is 11.9. The molecular formula is C16H27NO4. The highest BCUT2D eigenvalue weighted by molar-refractivity contribution is 5.81. The van der Waals surface area contributed by atoms with Crippen LogP contribution in [-0.4, -0.2) is 30.8 Å². The van der Waals surface area contributed by atoms with Crippen LogP contribution in [0.25, 0.3) is 0 Å². The van der Waals surface area contributed by atoms with Gasteiger partial charge in [-0.15, -0.1) is 0 Å². The highest BCUT2D eigenvalue weighted by Gasteiger charge is 2.36. The van der Waals surface area contributed by atoms with Gasteiger partial charge in [-0.3, -0.25) is 0 Å². The van der Waals surface area contributed by atoms with Gasteiger partial charge in [-0.1, -0.05) is 26.8 Å². The lowest BCUT2D eigenvalue weighted by molar-refractivity contribution is -0.137. The van der Waals surface area contributed by atoms with Crippen LogP contribution < -0.4 is 5.32 Å². The zero-order chi connectivity index (χ0) is 15.7. The number of carbonyl (C=O) groups excluding carboxylic acids is 2. The van der Waals surface area contributed by atoms with Crippen molar-refractivity contribution in [3.05, 3.63) is 12.7 Å². The van der Waals surface area contributed by atoms with Crippen LogP contribution in [0.1, 0.15) is 52.4 Å². The van der Waals surface area contributed by atoms with E-state index < -0.39 is 12.1 Å². The Bertz CT molecular complexity index is 359. The maximum atomic E-state index is 11.9. The average Bonchev–Trinajstić information content (AvgIpc) is 2.43. The molecule has 5 heteroatoms. The Labute approximate surface area is 127 Å². The van der Waals surface area contributed by atoms with E-state index in [9.17, 15) is 9.59 Å². The number of hydrogen-bond donors (Lipinski definition) is 1. The lowest BCUT2D eigenvalue weighted by Crippen LogP contribution is -2.42. The van der Waals surface area contributed by atoms with Crippen molar-refractivity contribution in [1.82, 2.24) is 5.32 Å². The third-order valence-corrected chi connectivity index (χ3v) is 3.64. The Kier molecular flexibility index (Phi) is 7.26. The summed E-state index contributed by atoms with van der Waals surface area (Å²) in [6.45, 7) is 7.96. The smallest absolute Gasteiger partial charge is 0.407 e. The molecule has 0 unspecified atom stereocenters. The van der Waals surface area contributed by atoms with Crippen LogP contribution in [0.3, 0.4) is 0 Å². The molecule has 0 bridgehead atoms. The molecule has 1 N–H and O–H groups in total. The van der Waals surface area contributed by atoms with E-state index in [-0.39, 0.29) is 18.8 Å². The predicted octanol–water partition coefficient (Wildman–Crippen LogP) is 3.19. The first-order chi connectivity index (χ1) is 9.97. The van der Waals surface area contributed by atoms with Crippen LogP contribution in [0, 0.1) is 5.92 Å². The fourth-order valence-electron chi connectivity index (χ4n) is 2.88. The zero-order valence-corrected chi connectivity index (χ0v) is 13.2. The largest absolute Gasteiger partial charge is 0.461 e. The number of carbonyl (C=O) groups is 2. The highest BCUT2D eigenvalue weighted by atomic mass is 16.6. The van der Waals surface area contributed by atoms with E-state index in [1.807, 2.05) is 0 Å². The van der Waals surface area contributed by atoms with Gasteiger partial charge >= 0.3 is 12.1 Å². The van der Waals surface area contributed by atoms with Crippen molar-refractivity contribution in [3.8, 4) is 0 Å². The van der Waals surface area contributed by atoms with Gasteiger partial charge in [0.05, 0.1) is 6.54 Å². The van der Waals surface area contributed by atoms with Crippen molar-refractivity contribution < 1.29 is 19.1 Å². The maximum Gasteiger partial charge on any atom is 0.407 e. The number of ether oxygens (including phenoxy) is 2. The summed E-state index contributed by atoms with van der Waals surface area (Å²) in [6.07, 6.45) is 6.86. The molecule has 120 valence electrons. The third-order valence-electron chi connectivity index (χ3n) is 3.64. The van der Waals surface area contributed by atoms with Gasteiger partial charge in [-0.2, -0.15) is 0 Å². The number of hydrogen-bond acceptors (Lipinski definition) is 4. The van der Waals surface area contributed by atoms with Crippen molar-refractivity contribution in [2.75, 3.05) is 13.2 Å². The zero-order valence-electron chi connectivity index (χ0n) is 13.2. The second-order valence-corrected chi connectivity index (χ2v) is 6.03. The number of amides is 1. The van der Waals surface area contributed by atoms with Crippen molar-refractivity contribution in [3.63, 3.8) is 0 Å². The van der Waals surface area contributed by atoms with Crippen LogP contribution in [0.5, 0.6) is 0 Å². The molecule has 0 atom stereocenters. The third kappa shape index (κ3) is 6.65. The van der Waals surface area contributed by atoms with Crippen molar-refractivity contribution in [2.24, 2.45) is 5.92 Å². The van der Waals surface area contributed by atoms with Crippen LogP contribution in [0.4, 0.5) is 4.79 Å². The Balaban J connectivity index is 2.38. The first-order valence-electron chi connectivity index (χ1n) is 7.73. The second kappa shape index (κ2) is 8.70. The minimum atomic E-state index is -0.492. The summed E-state index contributed by atoms with van der Waals surface area (Å²) in [7, 11) is 0. The Morgan fingerprint density at radius 3 is 2.52 bits per heavy atom. The molecule has 1 rings (SSSR count). The van der Waals surface area contributed by atoms with Gasteiger partial charge < -0.3 is 14.8 Å². The average molecular weight is 297 g/mol. The molecule has 1 aliphatic rings. The molecule has 0 radical (unpaired) electrons. The van der Waals surface area contributed by atoms with Gasteiger partial charge in [0.15, 0.2) is 0 Å². The standard InChI is InChI=1S/C16H27NO4/c1-4-14(18)20-11-10-17-15(19)21-16(12-13(2)3)8-6-5-7-9-16/h4,13H,1,5-12H2,2-3H3,(H,17,19). The SMILES string of the molecule is C=CC(=O)OCCNC(=O)OC1(CC(C)C)CCCCC1. The summed E-state index contributed by atoms with van der Waals surface area (Å²) in [5, 5.41) is 2.63. The van der Waals surface area contributed by atoms with Gasteiger partial charge in [-0.05, 0) is 38.0 Å². The lowest BCUT2D eigenvalue weighted by Gasteiger charge is -2.38. The summed E-state index contributed by atoms with van der Waals surface area (Å²) in [5.74, 6) is -0.00169. The van der Waals surface area contributed by atoms with Gasteiger partial charge in [-0.25, -0.2) is 9.59 Å². The first-order valence-corrected chi connectivity index (χ1v) is 7.73. The van der Waals surface area contributed by atoms with Crippen molar-refractivity contribution in [1.29, 1.82) is 0 Å². The van der Waals surface area contributed by atoms with E-state index >= 15 is 0 Å². The molecule has 5 nitrogen and oxygen atoms in total. The van der Waals surface area contributed by atoms with Gasteiger partial charge in [0.25, 0.3) is 0 Å². The molecule has 0 aromatic rings. The van der Waals surface area contributed by atoms with E-state index in [0.717, 1.165) is 38.2 Å². The monoisotopic (exact) mass is 297 g/mol. The number of rotatable bonds is 7. The molecular weight excluding hydrogens is 270 g/mol. The molecule has 0 saturated heterocycles. The van der Waals surface area contributed by atoms with E-state index in [4.69, 9.17) is 9.47 Å². The van der Waals surface area contributed by atoms with E-state index in [1.165, 1.54) is 6.42 Å². The molecule has 0 aliphatic heterocycles. The Hall–Kier alpha value is -1.52. The first kappa shape index (κ1) is 17.5. The van der Waals surface area contributed by atoms with Crippen LogP contribution in [0.15, 0.2) is 12.7 Å². The Morgan fingerprint density at radius 2 is 1.95 bits per heavy atom. The summed E-state index contributed by atoms with van der Waals surface area (Å²) in [4.78, 5) is 22.8. The minimum absolute atomic E-state index is 0.122. The molecule has 1 aliphatic carbocycles. The fraction of sp³-hybridized carbons (Fsp3) is 0.750. The molecule has 0 spiro atoms. The van der Waals surface area contributed by atoms with Crippen molar-refractivity contribution in [2.45, 2.75) is 58.0 Å².